The van der Waals surface area contributed by atoms with E-state index in [9.17, 15) is 13.2 Å². The second-order valence-electron chi connectivity index (χ2n) is 9.79. The van der Waals surface area contributed by atoms with Crippen LogP contribution in [0.15, 0.2) is 126 Å². The molecule has 0 saturated heterocycles. The number of sulfonamides is 1. The fourth-order valence-electron chi connectivity index (χ4n) is 4.77. The lowest BCUT2D eigenvalue weighted by atomic mass is 10.1. The van der Waals surface area contributed by atoms with Crippen molar-refractivity contribution in [2.75, 3.05) is 11.1 Å². The number of carbonyl (C=O) groups excluding carboxylic acids is 1. The highest BCUT2D eigenvalue weighted by Crippen LogP contribution is 2.30. The summed E-state index contributed by atoms with van der Waals surface area (Å²) in [4.78, 5) is 13.7. The van der Waals surface area contributed by atoms with E-state index in [2.05, 4.69) is 5.32 Å². The first-order valence-corrected chi connectivity index (χ1v) is 15.3. The molecule has 0 aliphatic carbocycles. The maximum Gasteiger partial charge on any atom is 0.265 e. The molecule has 1 heterocycles. The third-order valence-corrected chi connectivity index (χ3v) is 9.82. The minimum absolute atomic E-state index is 0.181. The Bertz CT molecular complexity index is 1990. The van der Waals surface area contributed by atoms with Crippen LogP contribution in [-0.2, 0) is 23.1 Å². The van der Waals surface area contributed by atoms with Gasteiger partial charge in [-0.1, -0.05) is 84.9 Å². The van der Waals surface area contributed by atoms with E-state index in [4.69, 9.17) is 5.73 Å². The van der Waals surface area contributed by atoms with Crippen molar-refractivity contribution in [3.63, 3.8) is 0 Å². The number of rotatable bonds is 8. The highest BCUT2D eigenvalue weighted by atomic mass is 32.2. The van der Waals surface area contributed by atoms with E-state index < -0.39 is 10.0 Å². The topological polar surface area (TPSA) is 92.5 Å². The molecule has 41 heavy (non-hydrogen) atoms. The molecule has 0 spiro atoms. The lowest BCUT2D eigenvalue weighted by Crippen LogP contribution is -2.30. The largest absolute Gasteiger partial charge is 0.397 e. The van der Waals surface area contributed by atoms with E-state index in [0.29, 0.717) is 16.3 Å². The molecule has 6 rings (SSSR count). The summed E-state index contributed by atoms with van der Waals surface area (Å²) in [5, 5.41) is 5.64. The van der Waals surface area contributed by atoms with Crippen LogP contribution in [0.25, 0.3) is 20.9 Å². The Morgan fingerprint density at radius 3 is 2.20 bits per heavy atom. The highest BCUT2D eigenvalue weighted by molar-refractivity contribution is 7.89. The predicted molar refractivity (Wildman–Crippen MR) is 167 cm³/mol. The summed E-state index contributed by atoms with van der Waals surface area (Å²) in [7, 11) is -3.83. The molecule has 3 N–H and O–H groups in total. The molecule has 0 atom stereocenters. The van der Waals surface area contributed by atoms with Gasteiger partial charge in [0.2, 0.25) is 10.0 Å². The molecule has 0 unspecified atom stereocenters. The number of hydrogen-bond acceptors (Lipinski definition) is 5. The summed E-state index contributed by atoms with van der Waals surface area (Å²) in [6, 6.07) is 37.3. The lowest BCUT2D eigenvalue weighted by molar-refractivity contribution is 0.103. The number of benzene rings is 5. The van der Waals surface area contributed by atoms with Gasteiger partial charge in [-0.25, -0.2) is 8.42 Å². The summed E-state index contributed by atoms with van der Waals surface area (Å²) in [5.74, 6) is -0.241. The summed E-state index contributed by atoms with van der Waals surface area (Å²) in [5.41, 5.74) is 8.77. The molecule has 0 radical (unpaired) electrons. The average Bonchev–Trinajstić information content (AvgIpc) is 3.42. The van der Waals surface area contributed by atoms with Crippen molar-refractivity contribution in [1.82, 2.24) is 4.31 Å². The van der Waals surface area contributed by atoms with Gasteiger partial charge in [-0.05, 0) is 63.7 Å². The van der Waals surface area contributed by atoms with E-state index in [1.54, 1.807) is 24.3 Å². The first-order valence-electron chi connectivity index (χ1n) is 13.1. The molecule has 6 nitrogen and oxygen atoms in total. The zero-order chi connectivity index (χ0) is 28.4. The fraction of sp³-hybridized carbons (Fsp3) is 0.0606. The van der Waals surface area contributed by atoms with E-state index in [-0.39, 0.29) is 23.9 Å². The molecular weight excluding hydrogens is 551 g/mol. The first-order chi connectivity index (χ1) is 19.9. The van der Waals surface area contributed by atoms with E-state index >= 15 is 0 Å². The first kappa shape index (κ1) is 26.7. The molecule has 0 saturated carbocycles. The average molecular weight is 578 g/mol. The van der Waals surface area contributed by atoms with Gasteiger partial charge in [0.05, 0.1) is 21.1 Å². The quantitative estimate of drug-likeness (QED) is 0.186. The Morgan fingerprint density at radius 2 is 1.39 bits per heavy atom. The number of nitrogens with one attached hydrogen (secondary N) is 1. The van der Waals surface area contributed by atoms with Crippen LogP contribution in [0.1, 0.15) is 20.8 Å². The van der Waals surface area contributed by atoms with Crippen LogP contribution >= 0.6 is 11.3 Å². The second kappa shape index (κ2) is 11.2. The van der Waals surface area contributed by atoms with Crippen molar-refractivity contribution in [1.29, 1.82) is 0 Å². The molecule has 6 aromatic rings. The van der Waals surface area contributed by atoms with Gasteiger partial charge >= 0.3 is 0 Å². The zero-order valence-corrected chi connectivity index (χ0v) is 23.7. The second-order valence-corrected chi connectivity index (χ2v) is 12.8. The van der Waals surface area contributed by atoms with E-state index in [1.807, 2.05) is 97.1 Å². The van der Waals surface area contributed by atoms with Gasteiger partial charge in [0, 0.05) is 17.8 Å². The maximum atomic E-state index is 14.0. The van der Waals surface area contributed by atoms with Crippen molar-refractivity contribution >= 4 is 59.5 Å². The number of thiophene rings is 1. The molecule has 204 valence electrons. The fourth-order valence-corrected chi connectivity index (χ4v) is 7.25. The summed E-state index contributed by atoms with van der Waals surface area (Å²) < 4.78 is 30.4. The number of nitrogen functional groups attached to an aromatic ring is 1. The number of amides is 1. The van der Waals surface area contributed by atoms with Gasteiger partial charge in [-0.15, -0.1) is 11.3 Å². The number of nitrogens with zero attached hydrogens (tertiary/aromatic N) is 1. The molecule has 0 aliphatic heterocycles. The summed E-state index contributed by atoms with van der Waals surface area (Å²) in [6.07, 6.45) is 0. The van der Waals surface area contributed by atoms with Crippen LogP contribution in [-0.4, -0.2) is 18.6 Å². The van der Waals surface area contributed by atoms with Crippen LogP contribution in [0.2, 0.25) is 0 Å². The van der Waals surface area contributed by atoms with Crippen molar-refractivity contribution in [3.05, 3.63) is 137 Å². The van der Waals surface area contributed by atoms with Gasteiger partial charge in [-0.3, -0.25) is 4.79 Å². The molecular formula is C33H27N3O3S2. The summed E-state index contributed by atoms with van der Waals surface area (Å²) >= 11 is 1.36. The smallest absolute Gasteiger partial charge is 0.265 e. The van der Waals surface area contributed by atoms with Gasteiger partial charge < -0.3 is 11.1 Å². The number of para-hydroxylation sites is 2. The van der Waals surface area contributed by atoms with Crippen LogP contribution in [0.5, 0.6) is 0 Å². The van der Waals surface area contributed by atoms with E-state index in [1.165, 1.54) is 15.6 Å². The predicted octanol–water partition coefficient (Wildman–Crippen LogP) is 7.28. The van der Waals surface area contributed by atoms with Gasteiger partial charge in [-0.2, -0.15) is 4.31 Å². The third kappa shape index (κ3) is 5.71. The van der Waals surface area contributed by atoms with Crippen molar-refractivity contribution in [2.24, 2.45) is 0 Å². The van der Waals surface area contributed by atoms with Gasteiger partial charge in [0.15, 0.2) is 0 Å². The third-order valence-electron chi connectivity index (χ3n) is 6.94. The molecule has 8 heteroatoms. The summed E-state index contributed by atoms with van der Waals surface area (Å²) in [6.45, 7) is 0.407. The lowest BCUT2D eigenvalue weighted by Gasteiger charge is -2.23. The van der Waals surface area contributed by atoms with Crippen molar-refractivity contribution < 1.29 is 13.2 Å². The number of fused-ring (bicyclic) bond motifs is 2. The Labute approximate surface area is 242 Å². The van der Waals surface area contributed by atoms with Crippen molar-refractivity contribution in [2.45, 2.75) is 18.0 Å². The number of anilines is 2. The van der Waals surface area contributed by atoms with Crippen LogP contribution in [0.3, 0.4) is 0 Å². The number of nitrogens with two attached hydrogens (primary N) is 1. The van der Waals surface area contributed by atoms with Crippen LogP contribution < -0.4 is 11.1 Å². The number of hydrogen-bond donors (Lipinski definition) is 2. The zero-order valence-electron chi connectivity index (χ0n) is 22.0. The monoisotopic (exact) mass is 577 g/mol. The highest BCUT2D eigenvalue weighted by Gasteiger charge is 2.26. The Kier molecular flexibility index (Phi) is 7.28. The minimum atomic E-state index is -3.83. The van der Waals surface area contributed by atoms with Crippen LogP contribution in [0, 0.1) is 0 Å². The SMILES string of the molecule is Nc1ccccc1NC(=O)c1cc2ccc(CN(Cc3ccccc3)S(=O)(=O)c3ccc4ccccc4c3)cc2s1. The normalized spacial score (nSPS) is 11.7. The molecule has 0 aliphatic rings. The minimum Gasteiger partial charge on any atom is -0.397 e. The van der Waals surface area contributed by atoms with E-state index in [0.717, 1.165) is 32.0 Å². The maximum absolute atomic E-state index is 14.0. The molecule has 1 aromatic heterocycles. The molecule has 5 aromatic carbocycles. The molecule has 0 fully saturated rings. The van der Waals surface area contributed by atoms with Gasteiger partial charge in [0.1, 0.15) is 0 Å². The Morgan fingerprint density at radius 1 is 0.707 bits per heavy atom. The Hall–Kier alpha value is -4.50. The van der Waals surface area contributed by atoms with Crippen molar-refractivity contribution in [3.8, 4) is 0 Å². The van der Waals surface area contributed by atoms with Crippen LogP contribution in [0.4, 0.5) is 11.4 Å². The number of carbonyl (C=O) groups is 1. The Balaban J connectivity index is 1.31. The van der Waals surface area contributed by atoms with Gasteiger partial charge in [0.25, 0.3) is 5.91 Å². The standard InChI is InChI=1S/C33H27N3O3S2/c34-29-12-6-7-13-30(29)35-33(37)32-20-27-15-14-24(18-31(27)40-32)22-36(21-23-8-2-1-3-9-23)41(38,39)28-17-16-25-10-4-5-11-26(25)19-28/h1-20H,21-22,34H2,(H,35,37). The molecule has 1 amide bonds. The molecule has 0 bridgehead atoms.